The normalized spacial score (nSPS) is 21.9. The van der Waals surface area contributed by atoms with Crippen LogP contribution < -0.4 is 15.8 Å². The van der Waals surface area contributed by atoms with Gasteiger partial charge in [-0.2, -0.15) is 0 Å². The molecule has 4 heteroatoms. The highest BCUT2D eigenvalue weighted by molar-refractivity contribution is 5.61. The van der Waals surface area contributed by atoms with Gasteiger partial charge in [0.2, 0.25) is 0 Å². The van der Waals surface area contributed by atoms with Gasteiger partial charge in [-0.3, -0.25) is 0 Å². The molecule has 1 atom stereocenters. The van der Waals surface area contributed by atoms with Crippen molar-refractivity contribution in [2.45, 2.75) is 45.3 Å². The van der Waals surface area contributed by atoms with E-state index >= 15 is 0 Å². The number of nitrogens with two attached hydrogens (primary N) is 1. The van der Waals surface area contributed by atoms with E-state index in [1.807, 2.05) is 25.1 Å². The minimum absolute atomic E-state index is 0.0491. The molecule has 0 aliphatic carbocycles. The highest BCUT2D eigenvalue weighted by Crippen LogP contribution is 2.29. The summed E-state index contributed by atoms with van der Waals surface area (Å²) in [5.74, 6) is 0.749. The lowest BCUT2D eigenvalue weighted by molar-refractivity contribution is -0.0553. The first-order valence-corrected chi connectivity index (χ1v) is 6.93. The second kappa shape index (κ2) is 5.70. The molecule has 0 saturated carbocycles. The number of nitrogen functional groups attached to an aromatic ring is 1. The van der Waals surface area contributed by atoms with Gasteiger partial charge < -0.3 is 20.5 Å². The topological polar surface area (TPSA) is 56.5 Å². The fraction of sp³-hybridized carbons (Fsp3) is 0.600. The van der Waals surface area contributed by atoms with E-state index in [0.717, 1.165) is 30.9 Å². The van der Waals surface area contributed by atoms with Gasteiger partial charge in [0.05, 0.1) is 17.9 Å². The maximum absolute atomic E-state index is 5.88. The monoisotopic (exact) mass is 264 g/mol. The van der Waals surface area contributed by atoms with Gasteiger partial charge in [0.15, 0.2) is 0 Å². The number of anilines is 2. The van der Waals surface area contributed by atoms with Crippen molar-refractivity contribution in [1.82, 2.24) is 0 Å². The second-order valence-electron chi connectivity index (χ2n) is 5.63. The summed E-state index contributed by atoms with van der Waals surface area (Å²) in [7, 11) is 0. The first-order chi connectivity index (χ1) is 9.00. The molecule has 0 bridgehead atoms. The van der Waals surface area contributed by atoms with E-state index in [9.17, 15) is 0 Å². The van der Waals surface area contributed by atoms with E-state index in [1.165, 1.54) is 0 Å². The molecule has 0 aromatic heterocycles. The van der Waals surface area contributed by atoms with Gasteiger partial charge in [0.25, 0.3) is 0 Å². The van der Waals surface area contributed by atoms with Crippen LogP contribution in [0, 0.1) is 0 Å². The van der Waals surface area contributed by atoms with Gasteiger partial charge >= 0.3 is 0 Å². The second-order valence-corrected chi connectivity index (χ2v) is 5.63. The van der Waals surface area contributed by atoms with Crippen molar-refractivity contribution in [3.8, 4) is 5.75 Å². The molecule has 1 aliphatic heterocycles. The fourth-order valence-electron chi connectivity index (χ4n) is 2.50. The van der Waals surface area contributed by atoms with Crippen molar-refractivity contribution in [3.05, 3.63) is 18.2 Å². The molecule has 1 heterocycles. The Morgan fingerprint density at radius 1 is 1.47 bits per heavy atom. The standard InChI is InChI=1S/C15H24N2O2/c1-4-18-14-9-11(5-6-13(14)16)17-12-7-8-19-15(2,3)10-12/h5-6,9,12,17H,4,7-8,10,16H2,1-3H3. The van der Waals surface area contributed by atoms with E-state index in [2.05, 4.69) is 19.2 Å². The predicted octanol–water partition coefficient (Wildman–Crippen LogP) is 3.04. The van der Waals surface area contributed by atoms with E-state index in [1.54, 1.807) is 0 Å². The summed E-state index contributed by atoms with van der Waals surface area (Å²) in [6, 6.07) is 6.29. The van der Waals surface area contributed by atoms with Crippen molar-refractivity contribution in [2.24, 2.45) is 0 Å². The van der Waals surface area contributed by atoms with E-state index in [0.29, 0.717) is 18.3 Å². The summed E-state index contributed by atoms with van der Waals surface area (Å²) < 4.78 is 11.2. The number of hydrogen-bond acceptors (Lipinski definition) is 4. The van der Waals surface area contributed by atoms with E-state index in [4.69, 9.17) is 15.2 Å². The Labute approximate surface area is 115 Å². The average Bonchev–Trinajstić information content (AvgIpc) is 2.32. The summed E-state index contributed by atoms with van der Waals surface area (Å²) in [6.07, 6.45) is 2.03. The van der Waals surface area contributed by atoms with Gasteiger partial charge in [-0.1, -0.05) is 0 Å². The average molecular weight is 264 g/mol. The Morgan fingerprint density at radius 3 is 2.95 bits per heavy atom. The summed E-state index contributed by atoms with van der Waals surface area (Å²) in [5.41, 5.74) is 7.57. The highest BCUT2D eigenvalue weighted by atomic mass is 16.5. The molecular weight excluding hydrogens is 240 g/mol. The van der Waals surface area contributed by atoms with Crippen molar-refractivity contribution in [1.29, 1.82) is 0 Å². The van der Waals surface area contributed by atoms with Crippen molar-refractivity contribution in [2.75, 3.05) is 24.3 Å². The molecular formula is C15H24N2O2. The molecule has 1 aliphatic rings. The van der Waals surface area contributed by atoms with Gasteiger partial charge in [0, 0.05) is 24.4 Å². The third-order valence-electron chi connectivity index (χ3n) is 3.38. The summed E-state index contributed by atoms with van der Waals surface area (Å²) >= 11 is 0. The Kier molecular flexibility index (Phi) is 4.20. The lowest BCUT2D eigenvalue weighted by Crippen LogP contribution is -2.40. The summed E-state index contributed by atoms with van der Waals surface area (Å²) in [4.78, 5) is 0. The summed E-state index contributed by atoms with van der Waals surface area (Å²) in [6.45, 7) is 7.65. The smallest absolute Gasteiger partial charge is 0.144 e. The van der Waals surface area contributed by atoms with Crippen molar-refractivity contribution in [3.63, 3.8) is 0 Å². The quantitative estimate of drug-likeness (QED) is 0.821. The van der Waals surface area contributed by atoms with Crippen LogP contribution in [0.15, 0.2) is 18.2 Å². The van der Waals surface area contributed by atoms with Crippen LogP contribution in [0.5, 0.6) is 5.75 Å². The van der Waals surface area contributed by atoms with Crippen LogP contribution in [0.4, 0.5) is 11.4 Å². The van der Waals surface area contributed by atoms with Crippen LogP contribution in [0.3, 0.4) is 0 Å². The zero-order valence-electron chi connectivity index (χ0n) is 12.0. The minimum Gasteiger partial charge on any atom is -0.492 e. The first kappa shape index (κ1) is 14.0. The molecule has 1 unspecified atom stereocenters. The van der Waals surface area contributed by atoms with Gasteiger partial charge in [-0.05, 0) is 45.7 Å². The molecule has 1 aromatic carbocycles. The third kappa shape index (κ3) is 3.77. The highest BCUT2D eigenvalue weighted by Gasteiger charge is 2.28. The molecule has 3 N–H and O–H groups in total. The molecule has 4 nitrogen and oxygen atoms in total. The molecule has 1 aromatic rings. The Hall–Kier alpha value is -1.42. The Balaban J connectivity index is 2.04. The maximum atomic E-state index is 5.88. The SMILES string of the molecule is CCOc1cc(NC2CCOC(C)(C)C2)ccc1N. The Morgan fingerprint density at radius 2 is 2.26 bits per heavy atom. The van der Waals surface area contributed by atoms with E-state index in [-0.39, 0.29) is 5.60 Å². The van der Waals surface area contributed by atoms with Gasteiger partial charge in [-0.25, -0.2) is 0 Å². The van der Waals surface area contributed by atoms with Crippen molar-refractivity contribution >= 4 is 11.4 Å². The molecule has 0 amide bonds. The number of benzene rings is 1. The van der Waals surface area contributed by atoms with Crippen LogP contribution in [0.25, 0.3) is 0 Å². The van der Waals surface area contributed by atoms with E-state index < -0.39 is 0 Å². The van der Waals surface area contributed by atoms with Crippen LogP contribution in [-0.4, -0.2) is 24.9 Å². The largest absolute Gasteiger partial charge is 0.492 e. The molecule has 106 valence electrons. The maximum Gasteiger partial charge on any atom is 0.144 e. The molecule has 0 radical (unpaired) electrons. The molecule has 1 saturated heterocycles. The zero-order valence-corrected chi connectivity index (χ0v) is 12.0. The van der Waals surface area contributed by atoms with Gasteiger partial charge in [0.1, 0.15) is 5.75 Å². The lowest BCUT2D eigenvalue weighted by atomic mass is 9.94. The fourth-order valence-corrected chi connectivity index (χ4v) is 2.50. The molecule has 19 heavy (non-hydrogen) atoms. The number of rotatable bonds is 4. The first-order valence-electron chi connectivity index (χ1n) is 6.93. The van der Waals surface area contributed by atoms with Crippen LogP contribution in [0.1, 0.15) is 33.6 Å². The molecule has 1 fully saturated rings. The third-order valence-corrected chi connectivity index (χ3v) is 3.38. The predicted molar refractivity (Wildman–Crippen MR) is 78.7 cm³/mol. The van der Waals surface area contributed by atoms with Gasteiger partial charge in [-0.15, -0.1) is 0 Å². The number of nitrogens with one attached hydrogen (secondary N) is 1. The van der Waals surface area contributed by atoms with Crippen LogP contribution in [-0.2, 0) is 4.74 Å². The number of hydrogen-bond donors (Lipinski definition) is 2. The minimum atomic E-state index is -0.0491. The molecule has 2 rings (SSSR count). The summed E-state index contributed by atoms with van der Waals surface area (Å²) in [5, 5.41) is 3.55. The molecule has 0 spiro atoms. The van der Waals surface area contributed by atoms with Crippen LogP contribution >= 0.6 is 0 Å². The van der Waals surface area contributed by atoms with Crippen molar-refractivity contribution < 1.29 is 9.47 Å². The Bertz CT molecular complexity index is 432. The van der Waals surface area contributed by atoms with Crippen LogP contribution in [0.2, 0.25) is 0 Å². The zero-order chi connectivity index (χ0) is 13.9. The lowest BCUT2D eigenvalue weighted by Gasteiger charge is -2.36. The number of ether oxygens (including phenoxy) is 2.